The highest BCUT2D eigenvalue weighted by atomic mass is 16.5. The van der Waals surface area contributed by atoms with Crippen LogP contribution in [0.15, 0.2) is 53.5 Å². The lowest BCUT2D eigenvalue weighted by atomic mass is 10.1. The molecule has 168 valence electrons. The molecule has 2 rings (SSSR count). The van der Waals surface area contributed by atoms with Crippen molar-refractivity contribution < 1.29 is 9.53 Å². The summed E-state index contributed by atoms with van der Waals surface area (Å²) in [6.07, 6.45) is 0.800. The van der Waals surface area contributed by atoms with E-state index in [-0.39, 0.29) is 11.5 Å². The van der Waals surface area contributed by atoms with Crippen LogP contribution in [0.5, 0.6) is 0 Å². The third-order valence-corrected chi connectivity index (χ3v) is 4.63. The number of nitrogens with zero attached hydrogens (tertiary/aromatic N) is 2. The molecule has 31 heavy (non-hydrogen) atoms. The average Bonchev–Trinajstić information content (AvgIpc) is 2.74. The molecule has 6 nitrogen and oxygen atoms in total. The molecular formula is C25H36N4O2. The van der Waals surface area contributed by atoms with Gasteiger partial charge in [-0.3, -0.25) is 9.79 Å². The van der Waals surface area contributed by atoms with Gasteiger partial charge in [0.15, 0.2) is 5.96 Å². The lowest BCUT2D eigenvalue weighted by Crippen LogP contribution is -2.37. The number of amides is 1. The SMILES string of the molecule is CN=C(NCCc1cccc(C(=O)N(C)C)c1)NCc1cccc(COC(C)(C)C)c1. The number of guanidine groups is 1. The molecule has 6 heteroatoms. The summed E-state index contributed by atoms with van der Waals surface area (Å²) < 4.78 is 5.87. The van der Waals surface area contributed by atoms with E-state index in [0.29, 0.717) is 18.7 Å². The van der Waals surface area contributed by atoms with Crippen LogP contribution in [-0.4, -0.2) is 50.1 Å². The molecule has 2 N–H and O–H groups in total. The molecule has 0 spiro atoms. The highest BCUT2D eigenvalue weighted by molar-refractivity contribution is 5.94. The minimum absolute atomic E-state index is 0.0161. The van der Waals surface area contributed by atoms with Gasteiger partial charge in [0.25, 0.3) is 5.91 Å². The zero-order valence-corrected chi connectivity index (χ0v) is 19.7. The number of nitrogens with one attached hydrogen (secondary N) is 2. The number of rotatable bonds is 8. The highest BCUT2D eigenvalue weighted by Crippen LogP contribution is 2.13. The molecule has 2 aromatic rings. The van der Waals surface area contributed by atoms with Crippen LogP contribution in [0.1, 0.15) is 47.8 Å². The minimum atomic E-state index is -0.153. The average molecular weight is 425 g/mol. The van der Waals surface area contributed by atoms with Crippen molar-refractivity contribution in [3.05, 3.63) is 70.8 Å². The first kappa shape index (κ1) is 24.4. The molecule has 0 atom stereocenters. The van der Waals surface area contributed by atoms with Crippen LogP contribution < -0.4 is 10.6 Å². The Hall–Kier alpha value is -2.86. The van der Waals surface area contributed by atoms with Gasteiger partial charge >= 0.3 is 0 Å². The fourth-order valence-corrected chi connectivity index (χ4v) is 2.98. The van der Waals surface area contributed by atoms with Crippen LogP contribution in [0.2, 0.25) is 0 Å². The van der Waals surface area contributed by atoms with E-state index in [1.165, 1.54) is 5.56 Å². The van der Waals surface area contributed by atoms with Crippen molar-refractivity contribution in [3.8, 4) is 0 Å². The number of carbonyl (C=O) groups excluding carboxylic acids is 1. The van der Waals surface area contributed by atoms with Crippen molar-refractivity contribution in [1.82, 2.24) is 15.5 Å². The smallest absolute Gasteiger partial charge is 0.253 e. The lowest BCUT2D eigenvalue weighted by molar-refractivity contribution is -0.0149. The van der Waals surface area contributed by atoms with Gasteiger partial charge in [-0.1, -0.05) is 36.4 Å². The van der Waals surface area contributed by atoms with Crippen molar-refractivity contribution >= 4 is 11.9 Å². The van der Waals surface area contributed by atoms with Gasteiger partial charge in [0.05, 0.1) is 12.2 Å². The van der Waals surface area contributed by atoms with Gasteiger partial charge in [-0.2, -0.15) is 0 Å². The Bertz CT molecular complexity index is 885. The first-order valence-corrected chi connectivity index (χ1v) is 10.6. The van der Waals surface area contributed by atoms with Gasteiger partial charge in [0, 0.05) is 39.8 Å². The van der Waals surface area contributed by atoms with Gasteiger partial charge in [-0.05, 0) is 56.0 Å². The van der Waals surface area contributed by atoms with E-state index in [4.69, 9.17) is 4.74 Å². The van der Waals surface area contributed by atoms with Crippen LogP contribution in [0.4, 0.5) is 0 Å². The Morgan fingerprint density at radius 3 is 2.35 bits per heavy atom. The number of hydrogen-bond donors (Lipinski definition) is 2. The predicted molar refractivity (Wildman–Crippen MR) is 127 cm³/mol. The van der Waals surface area contributed by atoms with Crippen molar-refractivity contribution in [2.24, 2.45) is 4.99 Å². The fourth-order valence-electron chi connectivity index (χ4n) is 2.98. The number of ether oxygens (including phenoxy) is 1. The van der Waals surface area contributed by atoms with Crippen molar-refractivity contribution in [1.29, 1.82) is 0 Å². The van der Waals surface area contributed by atoms with E-state index in [0.717, 1.165) is 30.1 Å². The topological polar surface area (TPSA) is 66.0 Å². The number of aliphatic imine (C=N–C) groups is 1. The first-order chi connectivity index (χ1) is 14.7. The standard InChI is InChI=1S/C25H36N4O2/c1-25(2,3)31-18-21-11-7-10-20(15-21)17-28-24(26-4)27-14-13-19-9-8-12-22(16-19)23(30)29(5)6/h7-12,15-16H,13-14,17-18H2,1-6H3,(H2,26,27,28). The summed E-state index contributed by atoms with van der Waals surface area (Å²) in [5.74, 6) is 0.763. The summed E-state index contributed by atoms with van der Waals surface area (Å²) >= 11 is 0. The minimum Gasteiger partial charge on any atom is -0.371 e. The normalized spacial score (nSPS) is 11.9. The molecule has 0 radical (unpaired) electrons. The fraction of sp³-hybridized carbons (Fsp3) is 0.440. The van der Waals surface area contributed by atoms with Gasteiger partial charge in [-0.15, -0.1) is 0 Å². The maximum Gasteiger partial charge on any atom is 0.253 e. The van der Waals surface area contributed by atoms with Gasteiger partial charge in [-0.25, -0.2) is 0 Å². The summed E-state index contributed by atoms with van der Waals surface area (Å²) in [7, 11) is 5.29. The van der Waals surface area contributed by atoms with E-state index in [2.05, 4.69) is 60.7 Å². The number of carbonyl (C=O) groups is 1. The van der Waals surface area contributed by atoms with E-state index >= 15 is 0 Å². The molecule has 0 aliphatic rings. The molecule has 0 aliphatic carbocycles. The van der Waals surface area contributed by atoms with Crippen molar-refractivity contribution in [2.45, 2.75) is 45.9 Å². The highest BCUT2D eigenvalue weighted by Gasteiger charge is 2.10. The quantitative estimate of drug-likeness (QED) is 0.502. The molecule has 0 saturated carbocycles. The van der Waals surface area contributed by atoms with Gasteiger partial charge < -0.3 is 20.3 Å². The molecular weight excluding hydrogens is 388 g/mol. The Morgan fingerprint density at radius 2 is 1.68 bits per heavy atom. The number of hydrogen-bond acceptors (Lipinski definition) is 3. The zero-order valence-electron chi connectivity index (χ0n) is 19.7. The van der Waals surface area contributed by atoms with E-state index in [9.17, 15) is 4.79 Å². The molecule has 0 fully saturated rings. The third-order valence-electron chi connectivity index (χ3n) is 4.63. The molecule has 0 bridgehead atoms. The van der Waals surface area contributed by atoms with E-state index < -0.39 is 0 Å². The zero-order chi connectivity index (χ0) is 22.9. The largest absolute Gasteiger partial charge is 0.371 e. The van der Waals surface area contributed by atoms with Crippen LogP contribution in [0, 0.1) is 0 Å². The Kier molecular flexibility index (Phi) is 9.06. The van der Waals surface area contributed by atoms with E-state index in [1.807, 2.05) is 24.3 Å². The Balaban J connectivity index is 1.83. The summed E-state index contributed by atoms with van der Waals surface area (Å²) in [5.41, 5.74) is 4.00. The summed E-state index contributed by atoms with van der Waals surface area (Å²) in [6, 6.07) is 16.1. The maximum atomic E-state index is 12.1. The van der Waals surface area contributed by atoms with Crippen LogP contribution in [0.3, 0.4) is 0 Å². The molecule has 2 aromatic carbocycles. The van der Waals surface area contributed by atoms with Crippen molar-refractivity contribution in [3.63, 3.8) is 0 Å². The second kappa shape index (κ2) is 11.5. The Labute approximate surface area is 186 Å². The number of benzene rings is 2. The van der Waals surface area contributed by atoms with Gasteiger partial charge in [0.1, 0.15) is 0 Å². The second-order valence-electron chi connectivity index (χ2n) is 8.72. The molecule has 0 aromatic heterocycles. The van der Waals surface area contributed by atoms with Crippen LogP contribution in [-0.2, 0) is 24.3 Å². The summed E-state index contributed by atoms with van der Waals surface area (Å²) in [6.45, 7) is 8.17. The lowest BCUT2D eigenvalue weighted by Gasteiger charge is -2.19. The van der Waals surface area contributed by atoms with Gasteiger partial charge in [0.2, 0.25) is 0 Å². The summed E-state index contributed by atoms with van der Waals surface area (Å²) in [5, 5.41) is 6.69. The van der Waals surface area contributed by atoms with E-state index in [1.54, 1.807) is 26.0 Å². The molecule has 0 saturated heterocycles. The first-order valence-electron chi connectivity index (χ1n) is 10.6. The molecule has 1 amide bonds. The third kappa shape index (κ3) is 8.80. The monoisotopic (exact) mass is 424 g/mol. The Morgan fingerprint density at radius 1 is 1.00 bits per heavy atom. The van der Waals surface area contributed by atoms with Crippen LogP contribution >= 0.6 is 0 Å². The second-order valence-corrected chi connectivity index (χ2v) is 8.72. The molecule has 0 heterocycles. The summed E-state index contributed by atoms with van der Waals surface area (Å²) in [4.78, 5) is 18.0. The van der Waals surface area contributed by atoms with Crippen molar-refractivity contribution in [2.75, 3.05) is 27.7 Å². The molecule has 0 aliphatic heterocycles. The molecule has 0 unspecified atom stereocenters. The maximum absolute atomic E-state index is 12.1. The predicted octanol–water partition coefficient (Wildman–Crippen LogP) is 3.61. The van der Waals surface area contributed by atoms with Crippen LogP contribution in [0.25, 0.3) is 0 Å².